The van der Waals surface area contributed by atoms with Crippen LogP contribution in [0.15, 0.2) is 29.2 Å². The predicted molar refractivity (Wildman–Crippen MR) is 126 cm³/mol. The molecule has 0 N–H and O–H groups in total. The first-order chi connectivity index (χ1) is 15.7. The van der Waals surface area contributed by atoms with E-state index in [9.17, 15) is 4.79 Å². The lowest BCUT2D eigenvalue weighted by Gasteiger charge is -2.57. The normalized spacial score (nSPS) is 38.9. The molecule has 2 atom stereocenters. The monoisotopic (exact) mass is 456 g/mol. The van der Waals surface area contributed by atoms with Crippen LogP contribution >= 0.6 is 11.8 Å². The van der Waals surface area contributed by atoms with E-state index in [-0.39, 0.29) is 6.04 Å². The maximum Gasteiger partial charge on any atom is 0.240 e. The van der Waals surface area contributed by atoms with E-state index in [2.05, 4.69) is 21.9 Å². The van der Waals surface area contributed by atoms with Crippen molar-refractivity contribution in [1.29, 1.82) is 0 Å². The molecule has 0 aromatic heterocycles. The molecule has 0 spiro atoms. The van der Waals surface area contributed by atoms with E-state index in [1.807, 2.05) is 23.9 Å². The Kier molecular flexibility index (Phi) is 5.89. The molecule has 0 radical (unpaired) electrons. The molecule has 4 aliphatic carbocycles. The van der Waals surface area contributed by atoms with Crippen molar-refractivity contribution in [2.45, 2.75) is 60.8 Å². The molecule has 6 fully saturated rings. The van der Waals surface area contributed by atoms with Gasteiger partial charge in [-0.2, -0.15) is 0 Å². The third kappa shape index (κ3) is 3.97. The first kappa shape index (κ1) is 21.3. The third-order valence-electron chi connectivity index (χ3n) is 8.83. The summed E-state index contributed by atoms with van der Waals surface area (Å²) in [6.07, 6.45) is 8.07. The van der Waals surface area contributed by atoms with E-state index in [0.717, 1.165) is 55.5 Å². The molecule has 5 nitrogen and oxygen atoms in total. The summed E-state index contributed by atoms with van der Waals surface area (Å²) in [5, 5.41) is 0.468. The molecule has 4 saturated carbocycles. The summed E-state index contributed by atoms with van der Waals surface area (Å²) in [5.74, 6) is 4.83. The molecule has 6 aliphatic rings. The average Bonchev–Trinajstić information content (AvgIpc) is 3.22. The number of morpholine rings is 1. The number of hydrogen-bond donors (Lipinski definition) is 0. The molecule has 2 heterocycles. The zero-order chi connectivity index (χ0) is 21.7. The Balaban J connectivity index is 1.23. The molecule has 32 heavy (non-hydrogen) atoms. The highest BCUT2D eigenvalue weighted by Crippen LogP contribution is 2.56. The first-order valence-electron chi connectivity index (χ1n) is 12.6. The van der Waals surface area contributed by atoms with Gasteiger partial charge in [0, 0.05) is 35.8 Å². The van der Waals surface area contributed by atoms with Crippen LogP contribution in [0.2, 0.25) is 0 Å². The Labute approximate surface area is 196 Å². The molecular formula is C26H36N2O3S. The van der Waals surface area contributed by atoms with Crippen molar-refractivity contribution in [3.8, 4) is 5.75 Å². The maximum absolute atomic E-state index is 13.7. The third-order valence-corrected chi connectivity index (χ3v) is 10.1. The van der Waals surface area contributed by atoms with Gasteiger partial charge in [0.05, 0.1) is 26.4 Å². The molecule has 6 heteroatoms. The number of carbonyl (C=O) groups is 1. The second-order valence-electron chi connectivity index (χ2n) is 10.7. The smallest absolute Gasteiger partial charge is 0.240 e. The zero-order valence-corrected chi connectivity index (χ0v) is 20.0. The van der Waals surface area contributed by atoms with Crippen LogP contribution in [-0.4, -0.2) is 73.0 Å². The number of hydrogen-bond acceptors (Lipinski definition) is 5. The van der Waals surface area contributed by atoms with Crippen molar-refractivity contribution < 1.29 is 14.3 Å². The van der Waals surface area contributed by atoms with Gasteiger partial charge in [0.1, 0.15) is 5.75 Å². The summed E-state index contributed by atoms with van der Waals surface area (Å²) in [5.41, 5.74) is 0. The Morgan fingerprint density at radius 1 is 0.969 bits per heavy atom. The van der Waals surface area contributed by atoms with Crippen LogP contribution in [0.1, 0.15) is 38.5 Å². The van der Waals surface area contributed by atoms with Crippen LogP contribution in [0.3, 0.4) is 0 Å². The minimum atomic E-state index is 0.0476. The average molecular weight is 457 g/mol. The van der Waals surface area contributed by atoms with Gasteiger partial charge in [-0.15, -0.1) is 11.8 Å². The maximum atomic E-state index is 13.7. The van der Waals surface area contributed by atoms with Gasteiger partial charge in [0.2, 0.25) is 5.91 Å². The number of thioether (sulfide) groups is 1. The summed E-state index contributed by atoms with van der Waals surface area (Å²) in [6.45, 7) is 3.91. The van der Waals surface area contributed by atoms with Crippen molar-refractivity contribution in [2.24, 2.45) is 23.7 Å². The van der Waals surface area contributed by atoms with Crippen molar-refractivity contribution in [3.05, 3.63) is 24.3 Å². The standard InChI is InChI=1S/C26H36N2O3S/c1-30-21-2-4-22(5-3-21)32-23-15-24(26(29)27-6-8-31-9-7-27)28(16-23)25-19-11-17-10-18(13-19)14-20(25)12-17/h2-5,17-20,23-25H,6-16H2,1H3/t17?,18?,19?,20?,23-,24+,25?/m1/s1. The quantitative estimate of drug-likeness (QED) is 0.672. The Morgan fingerprint density at radius 2 is 1.62 bits per heavy atom. The second kappa shape index (κ2) is 8.84. The van der Waals surface area contributed by atoms with E-state index >= 15 is 0 Å². The fourth-order valence-electron chi connectivity index (χ4n) is 7.76. The molecule has 2 aliphatic heterocycles. The number of nitrogens with zero attached hydrogens (tertiary/aromatic N) is 2. The Bertz CT molecular complexity index is 797. The lowest BCUT2D eigenvalue weighted by Crippen LogP contribution is -2.60. The Morgan fingerprint density at radius 3 is 2.25 bits per heavy atom. The molecule has 174 valence electrons. The summed E-state index contributed by atoms with van der Waals surface area (Å²) < 4.78 is 10.9. The van der Waals surface area contributed by atoms with Crippen LogP contribution in [0.4, 0.5) is 0 Å². The molecule has 4 bridgehead atoms. The van der Waals surface area contributed by atoms with Crippen LogP contribution in [0.25, 0.3) is 0 Å². The van der Waals surface area contributed by atoms with Gasteiger partial charge in [-0.3, -0.25) is 9.69 Å². The minimum Gasteiger partial charge on any atom is -0.497 e. The first-order valence-corrected chi connectivity index (χ1v) is 13.5. The molecular weight excluding hydrogens is 420 g/mol. The van der Waals surface area contributed by atoms with Crippen LogP contribution in [0.5, 0.6) is 5.75 Å². The highest BCUT2D eigenvalue weighted by atomic mass is 32.2. The number of likely N-dealkylation sites (tertiary alicyclic amines) is 1. The summed E-state index contributed by atoms with van der Waals surface area (Å²) >= 11 is 1.95. The van der Waals surface area contributed by atoms with Crippen LogP contribution < -0.4 is 4.74 Å². The second-order valence-corrected chi connectivity index (χ2v) is 12.1. The van der Waals surface area contributed by atoms with Crippen LogP contribution in [0, 0.1) is 23.7 Å². The van der Waals surface area contributed by atoms with Gasteiger partial charge < -0.3 is 14.4 Å². The lowest BCUT2D eigenvalue weighted by atomic mass is 9.54. The molecule has 0 unspecified atom stereocenters. The number of ether oxygens (including phenoxy) is 2. The number of benzene rings is 1. The fourth-order valence-corrected chi connectivity index (χ4v) is 8.96. The topological polar surface area (TPSA) is 42.0 Å². The largest absolute Gasteiger partial charge is 0.497 e. The molecule has 1 aromatic carbocycles. The van der Waals surface area contributed by atoms with Gasteiger partial charge in [0.15, 0.2) is 0 Å². The van der Waals surface area contributed by atoms with Gasteiger partial charge in [-0.05, 0) is 86.5 Å². The highest BCUT2D eigenvalue weighted by Gasteiger charge is 2.54. The summed E-state index contributed by atoms with van der Waals surface area (Å²) in [6, 6.07) is 9.08. The number of methoxy groups -OCH3 is 1. The van der Waals surface area contributed by atoms with E-state index < -0.39 is 0 Å². The SMILES string of the molecule is COc1ccc(S[C@@H]2C[C@@H](C(=O)N3CCOCC3)N(C3C4CC5CC(C4)CC3C5)C2)cc1. The molecule has 1 aromatic rings. The molecule has 7 rings (SSSR count). The summed E-state index contributed by atoms with van der Waals surface area (Å²) in [7, 11) is 1.71. The molecule has 1 amide bonds. The number of amides is 1. The fraction of sp³-hybridized carbons (Fsp3) is 0.731. The highest BCUT2D eigenvalue weighted by molar-refractivity contribution is 8.00. The van der Waals surface area contributed by atoms with E-state index in [1.54, 1.807) is 7.11 Å². The minimum absolute atomic E-state index is 0.0476. The van der Waals surface area contributed by atoms with Crippen molar-refractivity contribution in [2.75, 3.05) is 40.0 Å². The van der Waals surface area contributed by atoms with Gasteiger partial charge in [-0.25, -0.2) is 0 Å². The zero-order valence-electron chi connectivity index (χ0n) is 19.2. The van der Waals surface area contributed by atoms with Gasteiger partial charge in [-0.1, -0.05) is 0 Å². The number of rotatable bonds is 5. The Hall–Kier alpha value is -1.24. The molecule has 2 saturated heterocycles. The van der Waals surface area contributed by atoms with Crippen molar-refractivity contribution in [1.82, 2.24) is 9.80 Å². The summed E-state index contributed by atoms with van der Waals surface area (Å²) in [4.78, 5) is 19.8. The van der Waals surface area contributed by atoms with Gasteiger partial charge in [0.25, 0.3) is 0 Å². The van der Waals surface area contributed by atoms with Crippen molar-refractivity contribution in [3.63, 3.8) is 0 Å². The number of carbonyl (C=O) groups excluding carboxylic acids is 1. The van der Waals surface area contributed by atoms with Gasteiger partial charge >= 0.3 is 0 Å². The van der Waals surface area contributed by atoms with E-state index in [1.165, 1.54) is 37.0 Å². The van der Waals surface area contributed by atoms with Crippen molar-refractivity contribution >= 4 is 17.7 Å². The van der Waals surface area contributed by atoms with Crippen LogP contribution in [-0.2, 0) is 9.53 Å². The van der Waals surface area contributed by atoms with E-state index in [0.29, 0.717) is 30.4 Å². The predicted octanol–water partition coefficient (Wildman–Crippen LogP) is 3.91. The lowest BCUT2D eigenvalue weighted by molar-refractivity contribution is -0.144. The van der Waals surface area contributed by atoms with E-state index in [4.69, 9.17) is 9.47 Å².